The fourth-order valence-electron chi connectivity index (χ4n) is 4.03. The van der Waals surface area contributed by atoms with E-state index in [0.717, 1.165) is 33.0 Å². The minimum Gasteiger partial charge on any atom is -0.497 e. The Hall–Kier alpha value is -3.49. The number of aryl methyl sites for hydroxylation is 1. The van der Waals surface area contributed by atoms with Crippen LogP contribution >= 0.6 is 23.6 Å². The zero-order valence-corrected chi connectivity index (χ0v) is 20.7. The average Bonchev–Trinajstić information content (AvgIpc) is 3.55. The molecule has 1 aliphatic rings. The number of thiophene rings is 1. The van der Waals surface area contributed by atoms with Crippen LogP contribution in [0.1, 0.15) is 35.5 Å². The molecule has 0 spiro atoms. The first-order valence-corrected chi connectivity index (χ1v) is 12.2. The largest absolute Gasteiger partial charge is 0.497 e. The molecule has 0 saturated heterocycles. The Morgan fingerprint density at radius 3 is 2.68 bits per heavy atom. The minimum absolute atomic E-state index is 0.256. The van der Waals surface area contributed by atoms with Crippen LogP contribution < -0.4 is 10.1 Å². The summed E-state index contributed by atoms with van der Waals surface area (Å²) < 4.78 is 11.3. The molecule has 5 rings (SSSR count). The molecule has 3 heterocycles. The molecule has 0 amide bonds. The lowest BCUT2D eigenvalue weighted by atomic mass is 9.94. The molecule has 0 fully saturated rings. The van der Waals surface area contributed by atoms with Gasteiger partial charge in [0.15, 0.2) is 5.11 Å². The highest BCUT2D eigenvalue weighted by molar-refractivity contribution is 7.80. The van der Waals surface area contributed by atoms with Gasteiger partial charge in [-0.3, -0.25) is 0 Å². The van der Waals surface area contributed by atoms with Crippen molar-refractivity contribution in [3.05, 3.63) is 94.3 Å². The molecule has 0 radical (unpaired) electrons. The molecule has 6 nitrogen and oxygen atoms in total. The number of benzene rings is 2. The van der Waals surface area contributed by atoms with Crippen molar-refractivity contribution in [1.29, 1.82) is 0 Å². The van der Waals surface area contributed by atoms with E-state index in [-0.39, 0.29) is 6.04 Å². The summed E-state index contributed by atoms with van der Waals surface area (Å²) in [7, 11) is 1.66. The van der Waals surface area contributed by atoms with E-state index in [9.17, 15) is 0 Å². The van der Waals surface area contributed by atoms with Crippen molar-refractivity contribution < 1.29 is 9.26 Å². The van der Waals surface area contributed by atoms with Gasteiger partial charge in [-0.15, -0.1) is 11.3 Å². The molecule has 172 valence electrons. The Morgan fingerprint density at radius 2 is 1.94 bits per heavy atom. The number of hydrogen-bond acceptors (Lipinski definition) is 6. The number of nitrogens with one attached hydrogen (secondary N) is 1. The highest BCUT2D eigenvalue weighted by Gasteiger charge is 2.34. The first kappa shape index (κ1) is 22.3. The second-order valence-corrected chi connectivity index (χ2v) is 9.46. The molecule has 1 unspecified atom stereocenters. The number of allylic oxidation sites excluding steroid dienone is 1. The van der Waals surface area contributed by atoms with Crippen molar-refractivity contribution in [2.75, 3.05) is 7.11 Å². The highest BCUT2D eigenvalue weighted by atomic mass is 32.1. The lowest BCUT2D eigenvalue weighted by Gasteiger charge is -2.37. The van der Waals surface area contributed by atoms with Crippen molar-refractivity contribution in [3.8, 4) is 16.5 Å². The molecule has 8 heteroatoms. The number of aromatic nitrogens is 2. The van der Waals surface area contributed by atoms with Gasteiger partial charge in [-0.1, -0.05) is 53.2 Å². The van der Waals surface area contributed by atoms with E-state index in [1.165, 1.54) is 5.56 Å². The SMILES string of the molecule is COc1cccc(C2NC(=S)N(Cc3ccc(C)cc3)C(C)=C2c2nc(-c3cccs3)no2)c1. The molecule has 1 atom stereocenters. The zero-order chi connectivity index (χ0) is 23.7. The van der Waals surface area contributed by atoms with Gasteiger partial charge in [0.25, 0.3) is 5.89 Å². The number of rotatable bonds is 6. The number of ether oxygens (including phenoxy) is 1. The van der Waals surface area contributed by atoms with E-state index in [0.29, 0.717) is 23.4 Å². The fourth-order valence-corrected chi connectivity index (χ4v) is 5.00. The lowest BCUT2D eigenvalue weighted by Crippen LogP contribution is -2.45. The summed E-state index contributed by atoms with van der Waals surface area (Å²) in [6.45, 7) is 4.77. The predicted molar refractivity (Wildman–Crippen MR) is 138 cm³/mol. The van der Waals surface area contributed by atoms with Gasteiger partial charge in [-0.2, -0.15) is 4.98 Å². The van der Waals surface area contributed by atoms with Crippen LogP contribution in [0.4, 0.5) is 0 Å². The summed E-state index contributed by atoms with van der Waals surface area (Å²) in [5, 5.41) is 10.4. The summed E-state index contributed by atoms with van der Waals surface area (Å²) in [6.07, 6.45) is 0. The highest BCUT2D eigenvalue weighted by Crippen LogP contribution is 2.39. The average molecular weight is 489 g/mol. The molecular formula is C26H24N4O2S2. The standard InChI is InChI=1S/C26H24N4O2S2/c1-16-9-11-18(12-10-16)15-30-17(2)22(25-28-24(29-32-25)21-8-5-13-34-21)23(27-26(30)33)19-6-4-7-20(14-19)31-3/h4-14,23H,15H2,1-3H3,(H,27,33). The van der Waals surface area contributed by atoms with E-state index in [4.69, 9.17) is 26.5 Å². The Bertz CT molecular complexity index is 1340. The second kappa shape index (κ2) is 9.40. The fraction of sp³-hybridized carbons (Fsp3) is 0.192. The second-order valence-electron chi connectivity index (χ2n) is 8.13. The van der Waals surface area contributed by atoms with Crippen LogP contribution in [0.15, 0.2) is 76.3 Å². The van der Waals surface area contributed by atoms with Crippen molar-refractivity contribution in [3.63, 3.8) is 0 Å². The van der Waals surface area contributed by atoms with Crippen LogP contribution in [-0.2, 0) is 6.54 Å². The van der Waals surface area contributed by atoms with Crippen LogP contribution in [0.3, 0.4) is 0 Å². The van der Waals surface area contributed by atoms with Gasteiger partial charge in [0.1, 0.15) is 5.75 Å². The number of nitrogens with zero attached hydrogens (tertiary/aromatic N) is 3. The van der Waals surface area contributed by atoms with E-state index >= 15 is 0 Å². The normalized spacial score (nSPS) is 16.0. The Morgan fingerprint density at radius 1 is 1.12 bits per heavy atom. The van der Waals surface area contributed by atoms with Gasteiger partial charge in [-0.25, -0.2) is 0 Å². The Kier molecular flexibility index (Phi) is 6.17. The van der Waals surface area contributed by atoms with Crippen LogP contribution in [0.2, 0.25) is 0 Å². The molecule has 0 bridgehead atoms. The molecule has 0 aliphatic carbocycles. The lowest BCUT2D eigenvalue weighted by molar-refractivity contribution is 0.395. The smallest absolute Gasteiger partial charge is 0.258 e. The summed E-state index contributed by atoms with van der Waals surface area (Å²) in [5.74, 6) is 1.82. The molecule has 1 N–H and O–H groups in total. The predicted octanol–water partition coefficient (Wildman–Crippen LogP) is 5.98. The summed E-state index contributed by atoms with van der Waals surface area (Å²) in [6, 6.07) is 20.1. The first-order chi connectivity index (χ1) is 16.5. The third kappa shape index (κ3) is 4.34. The molecule has 0 saturated carbocycles. The maximum atomic E-state index is 5.82. The van der Waals surface area contributed by atoms with Gasteiger partial charge in [0.05, 0.1) is 23.6 Å². The quantitative estimate of drug-likeness (QED) is 0.335. The van der Waals surface area contributed by atoms with Gasteiger partial charge >= 0.3 is 0 Å². The van der Waals surface area contributed by atoms with Crippen LogP contribution in [0, 0.1) is 6.92 Å². The molecule has 4 aromatic rings. The van der Waals surface area contributed by atoms with Crippen molar-refractivity contribution in [2.45, 2.75) is 26.4 Å². The third-order valence-electron chi connectivity index (χ3n) is 5.88. The summed E-state index contributed by atoms with van der Waals surface area (Å²) in [5.41, 5.74) is 5.25. The number of methoxy groups -OCH3 is 1. The summed E-state index contributed by atoms with van der Waals surface area (Å²) in [4.78, 5) is 7.80. The van der Waals surface area contributed by atoms with Crippen molar-refractivity contribution in [1.82, 2.24) is 20.4 Å². The maximum absolute atomic E-state index is 5.82. The first-order valence-electron chi connectivity index (χ1n) is 10.9. The van der Waals surface area contributed by atoms with E-state index in [2.05, 4.69) is 53.5 Å². The molecular weight excluding hydrogens is 464 g/mol. The van der Waals surface area contributed by atoms with E-state index < -0.39 is 0 Å². The van der Waals surface area contributed by atoms with E-state index in [1.807, 2.05) is 41.8 Å². The van der Waals surface area contributed by atoms with Gasteiger partial charge < -0.3 is 19.5 Å². The van der Waals surface area contributed by atoms with E-state index in [1.54, 1.807) is 18.4 Å². The van der Waals surface area contributed by atoms with Crippen LogP contribution in [-0.4, -0.2) is 27.3 Å². The topological polar surface area (TPSA) is 63.4 Å². The van der Waals surface area contributed by atoms with Gasteiger partial charge in [0, 0.05) is 12.2 Å². The number of thiocarbonyl (C=S) groups is 1. The zero-order valence-electron chi connectivity index (χ0n) is 19.1. The van der Waals surface area contributed by atoms with Crippen LogP contribution in [0.25, 0.3) is 16.3 Å². The maximum Gasteiger partial charge on any atom is 0.258 e. The monoisotopic (exact) mass is 488 g/mol. The summed E-state index contributed by atoms with van der Waals surface area (Å²) >= 11 is 7.40. The Balaban J connectivity index is 1.60. The Labute approximate surface area is 207 Å². The molecule has 1 aliphatic heterocycles. The van der Waals surface area contributed by atoms with Crippen LogP contribution in [0.5, 0.6) is 5.75 Å². The molecule has 2 aromatic heterocycles. The van der Waals surface area contributed by atoms with Gasteiger partial charge in [0.2, 0.25) is 5.82 Å². The third-order valence-corrected chi connectivity index (χ3v) is 7.09. The minimum atomic E-state index is -0.256. The van der Waals surface area contributed by atoms with Crippen molar-refractivity contribution >= 4 is 34.2 Å². The van der Waals surface area contributed by atoms with Gasteiger partial charge in [-0.05, 0) is 60.8 Å². The van der Waals surface area contributed by atoms with Crippen molar-refractivity contribution in [2.24, 2.45) is 0 Å². The molecule has 2 aromatic carbocycles. The molecule has 34 heavy (non-hydrogen) atoms. The number of hydrogen-bond donors (Lipinski definition) is 1.